The molecule has 11 heteroatoms. The largest absolute Gasteiger partial charge is 0.494 e. The van der Waals surface area contributed by atoms with Gasteiger partial charge in [-0.25, -0.2) is 4.39 Å². The summed E-state index contributed by atoms with van der Waals surface area (Å²) in [6, 6.07) is 6.38. The average Bonchev–Trinajstić information content (AvgIpc) is 3.27. The molecule has 0 bridgehead atoms. The van der Waals surface area contributed by atoms with Crippen molar-refractivity contribution in [3.63, 3.8) is 0 Å². The van der Waals surface area contributed by atoms with Crippen LogP contribution >= 0.6 is 0 Å². The van der Waals surface area contributed by atoms with E-state index in [4.69, 9.17) is 28.4 Å². The van der Waals surface area contributed by atoms with Gasteiger partial charge in [0.25, 0.3) is 0 Å². The molecule has 1 aromatic carbocycles. The van der Waals surface area contributed by atoms with Crippen LogP contribution in [0.15, 0.2) is 18.2 Å². The smallest absolute Gasteiger partial charge is 0.167 e. The Balaban J connectivity index is 1.20. The van der Waals surface area contributed by atoms with Crippen molar-refractivity contribution in [1.29, 1.82) is 0 Å². The Morgan fingerprint density at radius 1 is 0.744 bits per heavy atom. The Bertz CT molecular complexity index is 893. The van der Waals surface area contributed by atoms with Gasteiger partial charge in [0, 0.05) is 44.0 Å². The van der Waals surface area contributed by atoms with Crippen molar-refractivity contribution in [1.82, 2.24) is 14.7 Å². The number of rotatable bonds is 19. The Morgan fingerprint density at radius 2 is 1.42 bits per heavy atom. The summed E-state index contributed by atoms with van der Waals surface area (Å²) in [7, 11) is 3.17. The molecule has 0 radical (unpaired) electrons. The Kier molecular flexibility index (Phi) is 15.7. The minimum Gasteiger partial charge on any atom is -0.494 e. The van der Waals surface area contributed by atoms with E-state index in [9.17, 15) is 4.39 Å². The highest BCUT2D eigenvalue weighted by Gasteiger charge is 2.33. The first-order valence-electron chi connectivity index (χ1n) is 16.3. The van der Waals surface area contributed by atoms with Crippen LogP contribution in [-0.4, -0.2) is 134 Å². The van der Waals surface area contributed by atoms with Crippen molar-refractivity contribution in [2.75, 3.05) is 112 Å². The van der Waals surface area contributed by atoms with Crippen molar-refractivity contribution in [2.45, 2.75) is 63.5 Å². The summed E-state index contributed by atoms with van der Waals surface area (Å²) in [5.74, 6) is -0.0184. The maximum atomic E-state index is 14.7. The van der Waals surface area contributed by atoms with Crippen molar-refractivity contribution < 1.29 is 32.8 Å². The second-order valence-electron chi connectivity index (χ2n) is 11.8. The number of halogens is 1. The molecule has 1 aliphatic carbocycles. The lowest BCUT2D eigenvalue weighted by molar-refractivity contribution is -0.0337. The van der Waals surface area contributed by atoms with Gasteiger partial charge < -0.3 is 33.3 Å². The first kappa shape index (κ1) is 34.3. The van der Waals surface area contributed by atoms with Crippen molar-refractivity contribution in [3.05, 3.63) is 24.0 Å². The number of benzene rings is 1. The maximum absolute atomic E-state index is 14.7. The molecule has 10 nitrogen and oxygen atoms in total. The van der Waals surface area contributed by atoms with Crippen LogP contribution in [0.3, 0.4) is 0 Å². The van der Waals surface area contributed by atoms with Gasteiger partial charge >= 0.3 is 0 Å². The van der Waals surface area contributed by atoms with Gasteiger partial charge in [-0.05, 0) is 37.8 Å². The first-order chi connectivity index (χ1) is 21.2. The monoisotopic (exact) mass is 610 g/mol. The predicted octanol–water partition coefficient (Wildman–Crippen LogP) is 3.99. The SMILES string of the molecule is COCCOCCOCCOCCOCN1CCCC1CN1CN(c2ccc(OC)c(F)c2)CN(C2CCCCCC2)C1. The third kappa shape index (κ3) is 11.7. The van der Waals surface area contributed by atoms with Gasteiger partial charge in [0.05, 0.1) is 86.7 Å². The number of nitrogens with zero attached hydrogens (tertiary/aromatic N) is 4. The molecular formula is C32H55FN4O6. The van der Waals surface area contributed by atoms with Gasteiger partial charge in [0.2, 0.25) is 0 Å². The Hall–Kier alpha value is -1.57. The van der Waals surface area contributed by atoms with Crippen LogP contribution in [0.25, 0.3) is 0 Å². The van der Waals surface area contributed by atoms with Gasteiger partial charge in [-0.3, -0.25) is 14.7 Å². The Labute approximate surface area is 258 Å². The standard InChI is InChI=1S/C32H55FN4O6/c1-38-14-15-40-16-17-41-18-19-42-20-21-43-27-35-13-7-10-30(35)23-34-24-36(28-8-5-3-4-6-9-28)26-37(25-34)29-11-12-32(39-2)31(33)22-29/h11-12,22,28,30H,3-10,13-21,23-27H2,1-2H3. The summed E-state index contributed by atoms with van der Waals surface area (Å²) in [5, 5.41) is 0. The van der Waals surface area contributed by atoms with E-state index >= 15 is 0 Å². The van der Waals surface area contributed by atoms with Crippen LogP contribution in [0.2, 0.25) is 0 Å². The summed E-state index contributed by atoms with van der Waals surface area (Å²) in [6.07, 6.45) is 10.1. The van der Waals surface area contributed by atoms with Crippen LogP contribution in [0.5, 0.6) is 5.75 Å². The molecule has 1 aromatic rings. The molecule has 2 heterocycles. The molecular weight excluding hydrogens is 555 g/mol. The highest BCUT2D eigenvalue weighted by Crippen LogP contribution is 2.29. The minimum absolute atomic E-state index is 0.290. The van der Waals surface area contributed by atoms with Gasteiger partial charge in [-0.15, -0.1) is 0 Å². The molecule has 1 saturated carbocycles. The second kappa shape index (κ2) is 19.7. The van der Waals surface area contributed by atoms with Crippen LogP contribution < -0.4 is 9.64 Å². The molecule has 43 heavy (non-hydrogen) atoms. The number of ether oxygens (including phenoxy) is 6. The lowest BCUT2D eigenvalue weighted by atomic mass is 10.1. The molecule has 1 unspecified atom stereocenters. The van der Waals surface area contributed by atoms with E-state index in [1.165, 1.54) is 58.5 Å². The predicted molar refractivity (Wildman–Crippen MR) is 165 cm³/mol. The summed E-state index contributed by atoms with van der Waals surface area (Å²) < 4.78 is 47.4. The van der Waals surface area contributed by atoms with E-state index in [1.54, 1.807) is 19.2 Å². The fraction of sp³-hybridized carbons (Fsp3) is 0.812. The summed E-state index contributed by atoms with van der Waals surface area (Å²) in [5.41, 5.74) is 0.911. The molecule has 0 aromatic heterocycles. The van der Waals surface area contributed by atoms with E-state index in [0.717, 1.165) is 38.8 Å². The molecule has 0 N–H and O–H groups in total. The molecule has 2 aliphatic heterocycles. The zero-order valence-corrected chi connectivity index (χ0v) is 26.6. The van der Waals surface area contributed by atoms with Crippen LogP contribution in [0, 0.1) is 5.82 Å². The molecule has 4 rings (SSSR count). The Morgan fingerprint density at radius 3 is 2.07 bits per heavy atom. The zero-order chi connectivity index (χ0) is 30.1. The maximum Gasteiger partial charge on any atom is 0.167 e. The second-order valence-corrected chi connectivity index (χ2v) is 11.8. The molecule has 0 amide bonds. The van der Waals surface area contributed by atoms with E-state index in [0.29, 0.717) is 71.7 Å². The quantitative estimate of drug-likeness (QED) is 0.170. The van der Waals surface area contributed by atoms with Crippen molar-refractivity contribution in [2.24, 2.45) is 0 Å². The number of hydrogen-bond donors (Lipinski definition) is 0. The van der Waals surface area contributed by atoms with Crippen molar-refractivity contribution >= 4 is 5.69 Å². The lowest BCUT2D eigenvalue weighted by Crippen LogP contribution is -2.59. The molecule has 3 fully saturated rings. The van der Waals surface area contributed by atoms with Crippen LogP contribution in [0.1, 0.15) is 51.4 Å². The van der Waals surface area contributed by atoms with Crippen LogP contribution in [-0.2, 0) is 23.7 Å². The third-order valence-corrected chi connectivity index (χ3v) is 8.72. The normalized spacial score (nSPS) is 21.5. The number of anilines is 1. The number of methoxy groups -OCH3 is 2. The van der Waals surface area contributed by atoms with E-state index < -0.39 is 0 Å². The summed E-state index contributed by atoms with van der Waals surface area (Å²) in [6.45, 7) is 9.78. The lowest BCUT2D eigenvalue weighted by Gasteiger charge is -2.47. The number of likely N-dealkylation sites (tertiary alicyclic amines) is 1. The minimum atomic E-state index is -0.308. The molecule has 2 saturated heterocycles. The highest BCUT2D eigenvalue weighted by atomic mass is 19.1. The van der Waals surface area contributed by atoms with Gasteiger partial charge in [-0.2, -0.15) is 0 Å². The summed E-state index contributed by atoms with van der Waals surface area (Å²) >= 11 is 0. The fourth-order valence-corrected chi connectivity index (χ4v) is 6.39. The van der Waals surface area contributed by atoms with E-state index in [-0.39, 0.29) is 11.6 Å². The van der Waals surface area contributed by atoms with Crippen molar-refractivity contribution in [3.8, 4) is 5.75 Å². The van der Waals surface area contributed by atoms with Crippen LogP contribution in [0.4, 0.5) is 10.1 Å². The zero-order valence-electron chi connectivity index (χ0n) is 26.6. The molecule has 0 spiro atoms. The van der Waals surface area contributed by atoms with Gasteiger partial charge in [0.15, 0.2) is 11.6 Å². The van der Waals surface area contributed by atoms with E-state index in [1.807, 2.05) is 6.07 Å². The molecule has 1 atom stereocenters. The first-order valence-corrected chi connectivity index (χ1v) is 16.3. The molecule has 246 valence electrons. The van der Waals surface area contributed by atoms with E-state index in [2.05, 4.69) is 19.6 Å². The summed E-state index contributed by atoms with van der Waals surface area (Å²) in [4.78, 5) is 9.96. The van der Waals surface area contributed by atoms with Gasteiger partial charge in [-0.1, -0.05) is 25.7 Å². The van der Waals surface area contributed by atoms with Gasteiger partial charge in [0.1, 0.15) is 0 Å². The fourth-order valence-electron chi connectivity index (χ4n) is 6.39. The number of hydrogen-bond acceptors (Lipinski definition) is 10. The molecule has 3 aliphatic rings. The topological polar surface area (TPSA) is 68.3 Å². The average molecular weight is 611 g/mol. The third-order valence-electron chi connectivity index (χ3n) is 8.72. The highest BCUT2D eigenvalue weighted by molar-refractivity contribution is 5.50.